The molecule has 1 aliphatic carbocycles. The average Bonchev–Trinajstić information content (AvgIpc) is 2.98. The minimum absolute atomic E-state index is 0.0312. The summed E-state index contributed by atoms with van der Waals surface area (Å²) in [6.45, 7) is 4.44. The molecule has 1 aromatic heterocycles. The molecule has 8 heteroatoms. The lowest BCUT2D eigenvalue weighted by Gasteiger charge is -2.34. The largest absolute Gasteiger partial charge is 0.352 e. The van der Waals surface area contributed by atoms with E-state index in [-0.39, 0.29) is 23.5 Å². The van der Waals surface area contributed by atoms with Gasteiger partial charge in [-0.25, -0.2) is 9.07 Å². The molecule has 6 nitrogen and oxygen atoms in total. The Balaban J connectivity index is 1.59. The van der Waals surface area contributed by atoms with Crippen molar-refractivity contribution in [2.24, 2.45) is 11.8 Å². The fourth-order valence-electron chi connectivity index (χ4n) is 3.36. The van der Waals surface area contributed by atoms with Crippen LogP contribution in [0, 0.1) is 17.7 Å². The highest BCUT2D eigenvalue weighted by molar-refractivity contribution is 7.99. The van der Waals surface area contributed by atoms with Gasteiger partial charge >= 0.3 is 0 Å². The molecule has 1 aromatic carbocycles. The van der Waals surface area contributed by atoms with Gasteiger partial charge in [0.05, 0.1) is 5.75 Å². The third kappa shape index (κ3) is 4.17. The van der Waals surface area contributed by atoms with Crippen LogP contribution in [-0.4, -0.2) is 32.6 Å². The Morgan fingerprint density at radius 3 is 2.96 bits per heavy atom. The number of carbonyl (C=O) groups excluding carboxylic acids is 1. The summed E-state index contributed by atoms with van der Waals surface area (Å²) >= 11 is 1.22. The van der Waals surface area contributed by atoms with Gasteiger partial charge in [-0.1, -0.05) is 50.6 Å². The van der Waals surface area contributed by atoms with E-state index in [1.807, 2.05) is 0 Å². The standard InChI is InChI=1S/C18H24FN5OS/c1-11-5-3-8-15(12(11)2)21-16(25)10-26-18-23-22-17(24(18)20)13-6-4-7-14(19)9-13/h4,6-7,9,11-12,15H,3,5,8,10,20H2,1-2H3,(H,21,25)/t11-,12-,15-/m1/s1. The quantitative estimate of drug-likeness (QED) is 0.618. The van der Waals surface area contributed by atoms with Crippen molar-refractivity contribution in [3.8, 4) is 11.4 Å². The number of nitrogens with zero attached hydrogens (tertiary/aromatic N) is 3. The number of aromatic nitrogens is 3. The fourth-order valence-corrected chi connectivity index (χ4v) is 4.03. The van der Waals surface area contributed by atoms with Crippen LogP contribution in [0.15, 0.2) is 29.4 Å². The summed E-state index contributed by atoms with van der Waals surface area (Å²) in [5, 5.41) is 11.6. The van der Waals surface area contributed by atoms with Gasteiger partial charge in [-0.2, -0.15) is 0 Å². The molecule has 3 rings (SSSR count). The van der Waals surface area contributed by atoms with Crippen LogP contribution in [0.2, 0.25) is 0 Å². The predicted molar refractivity (Wildman–Crippen MR) is 100 cm³/mol. The zero-order valence-corrected chi connectivity index (χ0v) is 15.8. The first-order valence-corrected chi connectivity index (χ1v) is 9.83. The van der Waals surface area contributed by atoms with Crippen molar-refractivity contribution in [2.45, 2.75) is 44.3 Å². The van der Waals surface area contributed by atoms with Crippen molar-refractivity contribution in [1.82, 2.24) is 20.2 Å². The lowest BCUT2D eigenvalue weighted by molar-refractivity contribution is -0.120. The molecule has 1 fully saturated rings. The van der Waals surface area contributed by atoms with E-state index in [1.54, 1.807) is 12.1 Å². The van der Waals surface area contributed by atoms with Gasteiger partial charge < -0.3 is 11.2 Å². The van der Waals surface area contributed by atoms with Gasteiger partial charge in [0, 0.05) is 11.6 Å². The summed E-state index contributed by atoms with van der Waals surface area (Å²) in [6.07, 6.45) is 3.40. The lowest BCUT2D eigenvalue weighted by atomic mass is 9.78. The molecule has 0 aliphatic heterocycles. The molecule has 3 N–H and O–H groups in total. The molecular weight excluding hydrogens is 353 g/mol. The van der Waals surface area contributed by atoms with Gasteiger partial charge in [0.2, 0.25) is 11.1 Å². The molecule has 1 amide bonds. The molecule has 2 aromatic rings. The van der Waals surface area contributed by atoms with E-state index in [0.717, 1.165) is 12.8 Å². The average molecular weight is 377 g/mol. The summed E-state index contributed by atoms with van der Waals surface area (Å²) in [5.41, 5.74) is 0.543. The fraction of sp³-hybridized carbons (Fsp3) is 0.500. The van der Waals surface area contributed by atoms with Crippen LogP contribution in [0.4, 0.5) is 4.39 Å². The molecule has 0 unspecified atom stereocenters. The second-order valence-corrected chi connectivity index (χ2v) is 7.86. The maximum atomic E-state index is 13.4. The highest BCUT2D eigenvalue weighted by Crippen LogP contribution is 2.29. The molecule has 0 spiro atoms. The molecule has 1 aliphatic rings. The highest BCUT2D eigenvalue weighted by Gasteiger charge is 2.28. The topological polar surface area (TPSA) is 85.8 Å². The third-order valence-electron chi connectivity index (χ3n) is 5.13. The number of nitrogen functional groups attached to an aromatic ring is 1. The Labute approximate surface area is 156 Å². The number of carbonyl (C=O) groups is 1. The Morgan fingerprint density at radius 2 is 2.19 bits per heavy atom. The number of amides is 1. The highest BCUT2D eigenvalue weighted by atomic mass is 32.2. The zero-order chi connectivity index (χ0) is 18.7. The Bertz CT molecular complexity index is 781. The van der Waals surface area contributed by atoms with Gasteiger partial charge in [0.1, 0.15) is 5.82 Å². The number of thioether (sulfide) groups is 1. The molecule has 3 atom stereocenters. The second-order valence-electron chi connectivity index (χ2n) is 6.92. The summed E-state index contributed by atoms with van der Waals surface area (Å²) in [7, 11) is 0. The summed E-state index contributed by atoms with van der Waals surface area (Å²) in [5.74, 6) is 7.31. The van der Waals surface area contributed by atoms with Crippen LogP contribution in [0.3, 0.4) is 0 Å². The molecule has 26 heavy (non-hydrogen) atoms. The number of rotatable bonds is 5. The second kappa shape index (κ2) is 8.07. The molecule has 0 saturated heterocycles. The summed E-state index contributed by atoms with van der Waals surface area (Å²) in [4.78, 5) is 12.3. The van der Waals surface area contributed by atoms with Gasteiger partial charge in [-0.05, 0) is 30.4 Å². The first kappa shape index (κ1) is 18.7. The predicted octanol–water partition coefficient (Wildman–Crippen LogP) is 2.83. The van der Waals surface area contributed by atoms with E-state index in [9.17, 15) is 9.18 Å². The summed E-state index contributed by atoms with van der Waals surface area (Å²) < 4.78 is 14.7. The maximum Gasteiger partial charge on any atom is 0.230 e. The minimum atomic E-state index is -0.366. The molecule has 1 heterocycles. The van der Waals surface area contributed by atoms with Gasteiger partial charge in [-0.3, -0.25) is 4.79 Å². The number of nitrogens with two attached hydrogens (primary N) is 1. The smallest absolute Gasteiger partial charge is 0.230 e. The van der Waals surface area contributed by atoms with Crippen LogP contribution in [0.1, 0.15) is 33.1 Å². The Kier molecular flexibility index (Phi) is 5.80. The molecular formula is C18H24FN5OS. The van der Waals surface area contributed by atoms with E-state index < -0.39 is 0 Å². The van der Waals surface area contributed by atoms with Crippen LogP contribution >= 0.6 is 11.8 Å². The maximum absolute atomic E-state index is 13.4. The van der Waals surface area contributed by atoms with Crippen LogP contribution in [-0.2, 0) is 4.79 Å². The molecule has 140 valence electrons. The zero-order valence-electron chi connectivity index (χ0n) is 15.0. The van der Waals surface area contributed by atoms with E-state index in [2.05, 4.69) is 29.4 Å². The normalized spacial score (nSPS) is 23.0. The number of hydrogen-bond donors (Lipinski definition) is 2. The van der Waals surface area contributed by atoms with E-state index in [4.69, 9.17) is 5.84 Å². The molecule has 1 saturated carbocycles. The third-order valence-corrected chi connectivity index (χ3v) is 6.08. The summed E-state index contributed by atoms with van der Waals surface area (Å²) in [6, 6.07) is 6.23. The molecule has 0 bridgehead atoms. The van der Waals surface area contributed by atoms with Gasteiger partial charge in [0.15, 0.2) is 5.82 Å². The van der Waals surface area contributed by atoms with E-state index in [0.29, 0.717) is 28.4 Å². The monoisotopic (exact) mass is 377 g/mol. The van der Waals surface area contributed by atoms with Crippen LogP contribution in [0.25, 0.3) is 11.4 Å². The van der Waals surface area contributed by atoms with Crippen LogP contribution in [0.5, 0.6) is 0 Å². The van der Waals surface area contributed by atoms with Crippen molar-refractivity contribution in [2.75, 3.05) is 11.6 Å². The van der Waals surface area contributed by atoms with Gasteiger partial charge in [0.25, 0.3) is 0 Å². The SMILES string of the molecule is C[C@@H]1[C@H](C)CCC[C@H]1NC(=O)CSc1nnc(-c2cccc(F)c2)n1N. The van der Waals surface area contributed by atoms with Crippen molar-refractivity contribution in [1.29, 1.82) is 0 Å². The lowest BCUT2D eigenvalue weighted by Crippen LogP contribution is -2.44. The number of halogens is 1. The van der Waals surface area contributed by atoms with Gasteiger partial charge in [-0.15, -0.1) is 10.2 Å². The number of hydrogen-bond acceptors (Lipinski definition) is 5. The van der Waals surface area contributed by atoms with E-state index >= 15 is 0 Å². The number of nitrogens with one attached hydrogen (secondary N) is 1. The van der Waals surface area contributed by atoms with Crippen molar-refractivity contribution in [3.63, 3.8) is 0 Å². The minimum Gasteiger partial charge on any atom is -0.352 e. The Morgan fingerprint density at radius 1 is 1.38 bits per heavy atom. The first-order chi connectivity index (χ1) is 12.5. The van der Waals surface area contributed by atoms with Crippen LogP contribution < -0.4 is 11.2 Å². The van der Waals surface area contributed by atoms with E-state index in [1.165, 1.54) is 35.0 Å². The van der Waals surface area contributed by atoms with Crippen molar-refractivity contribution in [3.05, 3.63) is 30.1 Å². The molecule has 0 radical (unpaired) electrons. The van der Waals surface area contributed by atoms with Crippen molar-refractivity contribution < 1.29 is 9.18 Å². The number of benzene rings is 1. The van der Waals surface area contributed by atoms with Crippen molar-refractivity contribution >= 4 is 17.7 Å². The first-order valence-electron chi connectivity index (χ1n) is 8.84. The Hall–Kier alpha value is -2.09.